The number of carbonyl (C=O) groups excluding carboxylic acids is 2. The Bertz CT molecular complexity index is 595. The average Bonchev–Trinajstić information content (AvgIpc) is 2.46. The van der Waals surface area contributed by atoms with Crippen LogP contribution in [0.15, 0.2) is 30.5 Å². The summed E-state index contributed by atoms with van der Waals surface area (Å²) in [4.78, 5) is 25.7. The molecule has 0 fully saturated rings. The highest BCUT2D eigenvalue weighted by Crippen LogP contribution is 2.37. The van der Waals surface area contributed by atoms with Gasteiger partial charge in [0.1, 0.15) is 11.8 Å². The number of para-hydroxylation sites is 1. The van der Waals surface area contributed by atoms with Crippen LogP contribution < -0.4 is 10.1 Å². The van der Waals surface area contributed by atoms with Crippen LogP contribution in [0.2, 0.25) is 0 Å². The van der Waals surface area contributed by atoms with Crippen molar-refractivity contribution in [3.63, 3.8) is 0 Å². The van der Waals surface area contributed by atoms with Crippen molar-refractivity contribution in [2.45, 2.75) is 32.2 Å². The molecule has 2 heterocycles. The van der Waals surface area contributed by atoms with E-state index in [0.29, 0.717) is 17.9 Å². The van der Waals surface area contributed by atoms with Gasteiger partial charge in [0.15, 0.2) is 0 Å². The van der Waals surface area contributed by atoms with Gasteiger partial charge in [0.05, 0.1) is 5.70 Å². The van der Waals surface area contributed by atoms with Crippen molar-refractivity contribution < 1.29 is 14.3 Å². The number of nitrogens with one attached hydrogen (secondary N) is 1. The molecule has 2 aliphatic heterocycles. The Kier molecular flexibility index (Phi) is 3.18. The third-order valence-electron chi connectivity index (χ3n) is 3.61. The first-order valence-electron chi connectivity index (χ1n) is 6.83. The number of fused-ring (bicyclic) bond motifs is 3. The van der Waals surface area contributed by atoms with Crippen molar-refractivity contribution in [1.29, 1.82) is 0 Å². The van der Waals surface area contributed by atoms with Gasteiger partial charge in [0.25, 0.3) is 0 Å². The third-order valence-corrected chi connectivity index (χ3v) is 3.61. The molecule has 2 amide bonds. The number of benzene rings is 1. The minimum atomic E-state index is -0.490. The first-order chi connectivity index (χ1) is 9.72. The van der Waals surface area contributed by atoms with Crippen molar-refractivity contribution in [3.05, 3.63) is 36.0 Å². The maximum atomic E-state index is 12.2. The highest BCUT2D eigenvalue weighted by Gasteiger charge is 2.40. The zero-order valence-corrected chi connectivity index (χ0v) is 11.3. The maximum Gasteiger partial charge on any atom is 0.420 e. The average molecular weight is 272 g/mol. The lowest BCUT2D eigenvalue weighted by Gasteiger charge is -2.38. The van der Waals surface area contributed by atoms with Crippen LogP contribution >= 0.6 is 0 Å². The van der Waals surface area contributed by atoms with Crippen molar-refractivity contribution >= 4 is 17.7 Å². The molecule has 1 aromatic carbocycles. The summed E-state index contributed by atoms with van der Waals surface area (Å²) in [7, 11) is 0. The molecule has 104 valence electrons. The minimum absolute atomic E-state index is 0.154. The van der Waals surface area contributed by atoms with E-state index in [1.165, 1.54) is 4.90 Å². The second-order valence-corrected chi connectivity index (χ2v) is 4.93. The first kappa shape index (κ1) is 12.7. The predicted molar refractivity (Wildman–Crippen MR) is 73.7 cm³/mol. The van der Waals surface area contributed by atoms with E-state index in [0.717, 1.165) is 18.4 Å². The lowest BCUT2D eigenvalue weighted by atomic mass is 10.0. The minimum Gasteiger partial charge on any atom is -0.409 e. The van der Waals surface area contributed by atoms with Gasteiger partial charge >= 0.3 is 6.09 Å². The smallest absolute Gasteiger partial charge is 0.409 e. The zero-order valence-electron chi connectivity index (χ0n) is 11.3. The van der Waals surface area contributed by atoms with Gasteiger partial charge in [-0.15, -0.1) is 0 Å². The monoisotopic (exact) mass is 272 g/mol. The molecular formula is C15H16N2O3. The molecule has 20 heavy (non-hydrogen) atoms. The number of unbranched alkanes of at least 4 members (excludes halogenated alkanes) is 1. The molecule has 3 rings (SSSR count). The van der Waals surface area contributed by atoms with E-state index in [4.69, 9.17) is 4.74 Å². The summed E-state index contributed by atoms with van der Waals surface area (Å²) in [6.45, 7) is 2.06. The molecule has 1 N–H and O–H groups in total. The van der Waals surface area contributed by atoms with Crippen LogP contribution in [-0.2, 0) is 4.79 Å². The molecule has 0 aromatic heterocycles. The summed E-state index contributed by atoms with van der Waals surface area (Å²) in [5.74, 6) is 0.379. The molecule has 5 nitrogen and oxygen atoms in total. The third kappa shape index (κ3) is 1.95. The molecule has 0 saturated heterocycles. The molecule has 0 radical (unpaired) electrons. The van der Waals surface area contributed by atoms with E-state index in [2.05, 4.69) is 12.2 Å². The van der Waals surface area contributed by atoms with Crippen LogP contribution in [0.4, 0.5) is 4.79 Å². The molecule has 0 bridgehead atoms. The van der Waals surface area contributed by atoms with E-state index in [9.17, 15) is 9.59 Å². The number of carbonyl (C=O) groups is 2. The normalized spacial score (nSPS) is 20.6. The molecular weight excluding hydrogens is 256 g/mol. The van der Waals surface area contributed by atoms with Crippen LogP contribution in [-0.4, -0.2) is 22.9 Å². The molecule has 2 aliphatic rings. The van der Waals surface area contributed by atoms with Crippen LogP contribution in [0.25, 0.3) is 5.70 Å². The summed E-state index contributed by atoms with van der Waals surface area (Å²) in [5.41, 5.74) is 1.53. The second kappa shape index (κ2) is 5.00. The van der Waals surface area contributed by atoms with Gasteiger partial charge in [-0.2, -0.15) is 0 Å². The lowest BCUT2D eigenvalue weighted by molar-refractivity contribution is -0.124. The van der Waals surface area contributed by atoms with Gasteiger partial charge in [0, 0.05) is 11.8 Å². The maximum absolute atomic E-state index is 12.2. The molecule has 0 saturated carbocycles. The van der Waals surface area contributed by atoms with E-state index in [1.54, 1.807) is 12.3 Å². The Morgan fingerprint density at radius 2 is 2.10 bits per heavy atom. The first-order valence-corrected chi connectivity index (χ1v) is 6.83. The van der Waals surface area contributed by atoms with Crippen molar-refractivity contribution in [3.8, 4) is 5.75 Å². The predicted octanol–water partition coefficient (Wildman–Crippen LogP) is 2.49. The number of hydrogen-bond acceptors (Lipinski definition) is 3. The molecule has 1 unspecified atom stereocenters. The number of nitrogens with zero attached hydrogens (tertiary/aromatic N) is 1. The lowest BCUT2D eigenvalue weighted by Crippen LogP contribution is -2.53. The van der Waals surface area contributed by atoms with E-state index < -0.39 is 12.1 Å². The summed E-state index contributed by atoms with van der Waals surface area (Å²) in [6.07, 6.45) is 3.60. The Morgan fingerprint density at radius 3 is 2.90 bits per heavy atom. The number of hydrogen-bond donors (Lipinski definition) is 1. The summed E-state index contributed by atoms with van der Waals surface area (Å²) in [5, 5.41) is 2.75. The Labute approximate surface area is 117 Å². The number of amides is 2. The van der Waals surface area contributed by atoms with Crippen LogP contribution in [0, 0.1) is 0 Å². The summed E-state index contributed by atoms with van der Waals surface area (Å²) >= 11 is 0. The van der Waals surface area contributed by atoms with Crippen LogP contribution in [0.5, 0.6) is 5.75 Å². The zero-order chi connectivity index (χ0) is 14.1. The topological polar surface area (TPSA) is 58.6 Å². The Morgan fingerprint density at radius 1 is 1.30 bits per heavy atom. The Hall–Kier alpha value is -2.30. The van der Waals surface area contributed by atoms with E-state index in [1.807, 2.05) is 18.2 Å². The second-order valence-electron chi connectivity index (χ2n) is 4.93. The van der Waals surface area contributed by atoms with E-state index >= 15 is 0 Å². The fourth-order valence-corrected chi connectivity index (χ4v) is 2.59. The van der Waals surface area contributed by atoms with Gasteiger partial charge in [-0.25, -0.2) is 4.79 Å². The summed E-state index contributed by atoms with van der Waals surface area (Å²) in [6, 6.07) is 6.85. The van der Waals surface area contributed by atoms with Gasteiger partial charge in [-0.05, 0) is 18.6 Å². The molecule has 1 aromatic rings. The van der Waals surface area contributed by atoms with Crippen molar-refractivity contribution in [2.24, 2.45) is 0 Å². The molecule has 1 atom stereocenters. The Balaban J connectivity index is 2.01. The standard InChI is InChI=1S/C15H16N2O3/c1-2-3-7-11-14(18)16-9-12-10-6-4-5-8-13(10)20-15(19)17(11)12/h4-6,8-9,11H,2-3,7H2,1H3,(H,16,18). The van der Waals surface area contributed by atoms with Crippen LogP contribution in [0.1, 0.15) is 31.7 Å². The van der Waals surface area contributed by atoms with Crippen LogP contribution in [0.3, 0.4) is 0 Å². The molecule has 0 aliphatic carbocycles. The number of rotatable bonds is 3. The fourth-order valence-electron chi connectivity index (χ4n) is 2.59. The largest absolute Gasteiger partial charge is 0.420 e. The van der Waals surface area contributed by atoms with Gasteiger partial charge < -0.3 is 10.1 Å². The highest BCUT2D eigenvalue weighted by atomic mass is 16.6. The van der Waals surface area contributed by atoms with Crippen molar-refractivity contribution in [2.75, 3.05) is 0 Å². The quantitative estimate of drug-likeness (QED) is 0.919. The molecule has 0 spiro atoms. The summed E-state index contributed by atoms with van der Waals surface area (Å²) < 4.78 is 5.33. The molecule has 5 heteroatoms. The van der Waals surface area contributed by atoms with Gasteiger partial charge in [0.2, 0.25) is 5.91 Å². The fraction of sp³-hybridized carbons (Fsp3) is 0.333. The van der Waals surface area contributed by atoms with E-state index in [-0.39, 0.29) is 5.91 Å². The SMILES string of the molecule is CCCCC1C(=O)NC=C2c3ccccc3OC(=O)N21. The van der Waals surface area contributed by atoms with Crippen molar-refractivity contribution in [1.82, 2.24) is 10.2 Å². The number of ether oxygens (including phenoxy) is 1. The highest BCUT2D eigenvalue weighted by molar-refractivity contribution is 5.98. The van der Waals surface area contributed by atoms with Gasteiger partial charge in [-0.1, -0.05) is 31.9 Å². The van der Waals surface area contributed by atoms with Gasteiger partial charge in [-0.3, -0.25) is 9.69 Å².